The Bertz CT molecular complexity index is 1480. The minimum absolute atomic E-state index is 0.0597. The first-order valence-electron chi connectivity index (χ1n) is 14.1. The van der Waals surface area contributed by atoms with Gasteiger partial charge in [-0.3, -0.25) is 13.9 Å². The fraction of sp³-hybridized carbons (Fsp3) is 0.375. The molecular weight excluding hydrogens is 618 g/mol. The van der Waals surface area contributed by atoms with Gasteiger partial charge in [-0.05, 0) is 60.7 Å². The molecule has 3 aromatic rings. The van der Waals surface area contributed by atoms with Crippen molar-refractivity contribution in [2.45, 2.75) is 57.7 Å². The topological polar surface area (TPSA) is 96.0 Å². The van der Waals surface area contributed by atoms with Crippen molar-refractivity contribution >= 4 is 43.5 Å². The Hall–Kier alpha value is -3.37. The second-order valence-electron chi connectivity index (χ2n) is 10.8. The summed E-state index contributed by atoms with van der Waals surface area (Å²) < 4.78 is 33.6. The summed E-state index contributed by atoms with van der Waals surface area (Å²) in [6.45, 7) is 1.48. The highest BCUT2D eigenvalue weighted by Crippen LogP contribution is 2.31. The highest BCUT2D eigenvalue weighted by Gasteiger charge is 2.34. The quantitative estimate of drug-likeness (QED) is 0.288. The van der Waals surface area contributed by atoms with Crippen LogP contribution in [0, 0.1) is 6.92 Å². The van der Waals surface area contributed by atoms with Crippen LogP contribution in [0.1, 0.15) is 42.4 Å². The molecule has 0 aromatic heterocycles. The van der Waals surface area contributed by atoms with E-state index in [1.165, 1.54) is 12.0 Å². The van der Waals surface area contributed by atoms with E-state index >= 15 is 0 Å². The number of hydrogen-bond acceptors (Lipinski definition) is 5. The van der Waals surface area contributed by atoms with E-state index in [9.17, 15) is 18.0 Å². The molecule has 1 N–H and O–H groups in total. The Morgan fingerprint density at radius 2 is 1.67 bits per heavy atom. The second kappa shape index (κ2) is 14.2. The lowest BCUT2D eigenvalue weighted by atomic mass is 10.0. The number of nitrogens with one attached hydrogen (secondary N) is 1. The predicted molar refractivity (Wildman–Crippen MR) is 169 cm³/mol. The van der Waals surface area contributed by atoms with E-state index in [1.807, 2.05) is 67.6 Å². The minimum atomic E-state index is -3.90. The summed E-state index contributed by atoms with van der Waals surface area (Å²) in [5, 5.41) is 3.18. The van der Waals surface area contributed by atoms with Crippen LogP contribution in [0.3, 0.4) is 0 Å². The Balaban J connectivity index is 1.75. The van der Waals surface area contributed by atoms with Gasteiger partial charge in [0.05, 0.1) is 19.1 Å². The normalized spacial score (nSPS) is 14.3. The summed E-state index contributed by atoms with van der Waals surface area (Å²) in [6, 6.07) is 21.5. The van der Waals surface area contributed by atoms with Crippen LogP contribution in [-0.2, 0) is 32.6 Å². The van der Waals surface area contributed by atoms with E-state index in [0.717, 1.165) is 57.4 Å². The zero-order valence-electron chi connectivity index (χ0n) is 24.3. The number of methoxy groups -OCH3 is 1. The van der Waals surface area contributed by atoms with Gasteiger partial charge in [0.25, 0.3) is 0 Å². The molecule has 1 aliphatic carbocycles. The number of carbonyl (C=O) groups excluding carboxylic acids is 2. The fourth-order valence-electron chi connectivity index (χ4n) is 5.30. The molecule has 42 heavy (non-hydrogen) atoms. The summed E-state index contributed by atoms with van der Waals surface area (Å²) in [5.41, 5.74) is 2.80. The average Bonchev–Trinajstić information content (AvgIpc) is 3.47. The number of benzene rings is 3. The molecule has 0 aliphatic heterocycles. The smallest absolute Gasteiger partial charge is 0.244 e. The molecule has 0 bridgehead atoms. The van der Waals surface area contributed by atoms with Crippen molar-refractivity contribution in [1.82, 2.24) is 10.2 Å². The molecule has 1 atom stereocenters. The maximum absolute atomic E-state index is 14.3. The van der Waals surface area contributed by atoms with Gasteiger partial charge in [0.15, 0.2) is 0 Å². The molecule has 1 aliphatic rings. The summed E-state index contributed by atoms with van der Waals surface area (Å²) in [6.07, 6.45) is 5.26. The summed E-state index contributed by atoms with van der Waals surface area (Å²) >= 11 is 3.46. The molecule has 1 saturated carbocycles. The number of rotatable bonds is 12. The van der Waals surface area contributed by atoms with Gasteiger partial charge in [0, 0.05) is 23.5 Å². The maximum atomic E-state index is 14.3. The van der Waals surface area contributed by atoms with Gasteiger partial charge in [-0.15, -0.1) is 0 Å². The first-order chi connectivity index (χ1) is 20.0. The van der Waals surface area contributed by atoms with Crippen molar-refractivity contribution in [3.05, 3.63) is 94.0 Å². The third-order valence-corrected chi connectivity index (χ3v) is 9.18. The highest BCUT2D eigenvalue weighted by molar-refractivity contribution is 9.10. The van der Waals surface area contributed by atoms with Gasteiger partial charge in [0.1, 0.15) is 18.3 Å². The van der Waals surface area contributed by atoms with Crippen LogP contribution >= 0.6 is 15.9 Å². The van der Waals surface area contributed by atoms with E-state index in [1.54, 1.807) is 12.1 Å². The SMILES string of the molecule is COc1ccc(C)cc1N(CC(=O)N(Cc1ccc(Br)cc1)C(Cc1ccccc1)C(=O)NC1CCCC1)S(C)(=O)=O. The molecule has 0 spiro atoms. The number of hydrogen-bond donors (Lipinski definition) is 1. The van der Waals surface area contributed by atoms with E-state index < -0.39 is 28.5 Å². The highest BCUT2D eigenvalue weighted by atomic mass is 79.9. The van der Waals surface area contributed by atoms with Crippen LogP contribution in [0.15, 0.2) is 77.3 Å². The molecule has 3 aromatic carbocycles. The molecule has 1 unspecified atom stereocenters. The Kier molecular flexibility index (Phi) is 10.7. The minimum Gasteiger partial charge on any atom is -0.495 e. The zero-order valence-corrected chi connectivity index (χ0v) is 26.7. The first-order valence-corrected chi connectivity index (χ1v) is 16.7. The van der Waals surface area contributed by atoms with Gasteiger partial charge in [0.2, 0.25) is 21.8 Å². The third-order valence-electron chi connectivity index (χ3n) is 7.52. The molecule has 8 nitrogen and oxygen atoms in total. The van der Waals surface area contributed by atoms with Crippen LogP contribution in [0.25, 0.3) is 0 Å². The molecule has 4 rings (SSSR count). The van der Waals surface area contributed by atoms with E-state index in [0.29, 0.717) is 5.75 Å². The number of carbonyl (C=O) groups is 2. The zero-order chi connectivity index (χ0) is 30.3. The van der Waals surface area contributed by atoms with Crippen molar-refractivity contribution in [2.24, 2.45) is 0 Å². The van der Waals surface area contributed by atoms with E-state index in [4.69, 9.17) is 4.74 Å². The lowest BCUT2D eigenvalue weighted by Gasteiger charge is -2.34. The van der Waals surface area contributed by atoms with Crippen molar-refractivity contribution in [3.8, 4) is 5.75 Å². The Morgan fingerprint density at radius 1 is 1.00 bits per heavy atom. The average molecular weight is 657 g/mol. The van der Waals surface area contributed by atoms with Crippen LogP contribution in [0.5, 0.6) is 5.75 Å². The van der Waals surface area contributed by atoms with Gasteiger partial charge in [-0.25, -0.2) is 8.42 Å². The van der Waals surface area contributed by atoms with Crippen molar-refractivity contribution in [1.29, 1.82) is 0 Å². The molecule has 10 heteroatoms. The molecule has 2 amide bonds. The fourth-order valence-corrected chi connectivity index (χ4v) is 6.41. The molecular formula is C32H38BrN3O5S. The largest absolute Gasteiger partial charge is 0.495 e. The third kappa shape index (κ3) is 8.35. The molecule has 0 saturated heterocycles. The lowest BCUT2D eigenvalue weighted by Crippen LogP contribution is -2.54. The number of ether oxygens (including phenoxy) is 1. The lowest BCUT2D eigenvalue weighted by molar-refractivity contribution is -0.140. The number of amides is 2. The molecule has 0 heterocycles. The van der Waals surface area contributed by atoms with Crippen molar-refractivity contribution in [2.75, 3.05) is 24.2 Å². The van der Waals surface area contributed by atoms with Crippen LogP contribution in [0.2, 0.25) is 0 Å². The van der Waals surface area contributed by atoms with E-state index in [2.05, 4.69) is 21.2 Å². The standard InChI is InChI=1S/C32H38BrN3O5S/c1-23-13-18-30(41-2)28(19-23)36(42(3,39)40)22-31(37)35(21-25-14-16-26(33)17-15-25)29(20-24-9-5-4-6-10-24)32(38)34-27-11-7-8-12-27/h4-6,9-10,13-19,27,29H,7-8,11-12,20-22H2,1-3H3,(H,34,38). The summed E-state index contributed by atoms with van der Waals surface area (Å²) in [7, 11) is -2.44. The number of nitrogens with zero attached hydrogens (tertiary/aromatic N) is 2. The summed E-state index contributed by atoms with van der Waals surface area (Å²) in [4.78, 5) is 29.7. The summed E-state index contributed by atoms with van der Waals surface area (Å²) in [5.74, 6) is -0.400. The first kappa shape index (κ1) is 31.6. The predicted octanol–water partition coefficient (Wildman–Crippen LogP) is 5.23. The number of sulfonamides is 1. The Morgan fingerprint density at radius 3 is 2.29 bits per heavy atom. The van der Waals surface area contributed by atoms with Crippen LogP contribution < -0.4 is 14.4 Å². The molecule has 224 valence electrons. The van der Waals surface area contributed by atoms with Crippen LogP contribution in [-0.4, -0.2) is 57.1 Å². The number of aryl methyl sites for hydroxylation is 1. The van der Waals surface area contributed by atoms with Gasteiger partial charge >= 0.3 is 0 Å². The van der Waals surface area contributed by atoms with E-state index in [-0.39, 0.29) is 30.6 Å². The van der Waals surface area contributed by atoms with Crippen LogP contribution in [0.4, 0.5) is 5.69 Å². The van der Waals surface area contributed by atoms with Gasteiger partial charge < -0.3 is 15.0 Å². The number of halogens is 1. The van der Waals surface area contributed by atoms with Gasteiger partial charge in [-0.2, -0.15) is 0 Å². The molecule has 0 radical (unpaired) electrons. The second-order valence-corrected chi connectivity index (χ2v) is 13.6. The number of anilines is 1. The monoisotopic (exact) mass is 655 g/mol. The van der Waals surface area contributed by atoms with Crippen molar-refractivity contribution in [3.63, 3.8) is 0 Å². The van der Waals surface area contributed by atoms with Crippen molar-refractivity contribution < 1.29 is 22.7 Å². The van der Waals surface area contributed by atoms with Gasteiger partial charge in [-0.1, -0.05) is 77.3 Å². The molecule has 1 fully saturated rings. The maximum Gasteiger partial charge on any atom is 0.244 e. The Labute approximate surface area is 257 Å².